The fourth-order valence-corrected chi connectivity index (χ4v) is 2.29. The zero-order chi connectivity index (χ0) is 15.5. The Morgan fingerprint density at radius 2 is 2.09 bits per heavy atom. The molecular formula is C16H13N3O3. The van der Waals surface area contributed by atoms with E-state index in [1.165, 1.54) is 6.07 Å². The van der Waals surface area contributed by atoms with E-state index < -0.39 is 6.09 Å². The number of hydrogen-bond acceptors (Lipinski definition) is 4. The van der Waals surface area contributed by atoms with E-state index in [-0.39, 0.29) is 12.2 Å². The monoisotopic (exact) mass is 295 g/mol. The number of nitrogens with zero attached hydrogens (tertiary/aromatic N) is 1. The molecule has 0 bridgehead atoms. The van der Waals surface area contributed by atoms with Gasteiger partial charge in [0, 0.05) is 17.6 Å². The Labute approximate surface area is 125 Å². The van der Waals surface area contributed by atoms with Gasteiger partial charge < -0.3 is 15.5 Å². The highest BCUT2D eigenvalue weighted by Gasteiger charge is 2.06. The van der Waals surface area contributed by atoms with Crippen molar-refractivity contribution in [3.05, 3.63) is 64.6 Å². The van der Waals surface area contributed by atoms with Crippen LogP contribution in [-0.2, 0) is 11.3 Å². The molecule has 2 aromatic heterocycles. The van der Waals surface area contributed by atoms with Crippen molar-refractivity contribution in [3.8, 4) is 11.1 Å². The highest BCUT2D eigenvalue weighted by atomic mass is 16.5. The topological polar surface area (TPSA) is 98.1 Å². The van der Waals surface area contributed by atoms with E-state index in [9.17, 15) is 9.59 Å². The number of nitrogens with two attached hydrogens (primary N) is 1. The number of hydrogen-bond donors (Lipinski definition) is 2. The van der Waals surface area contributed by atoms with E-state index >= 15 is 0 Å². The Bertz CT molecular complexity index is 902. The van der Waals surface area contributed by atoms with Crippen molar-refractivity contribution in [2.75, 3.05) is 0 Å². The Balaban J connectivity index is 2.06. The number of rotatable bonds is 3. The van der Waals surface area contributed by atoms with Gasteiger partial charge in [-0.05, 0) is 34.9 Å². The molecular weight excluding hydrogens is 282 g/mol. The fraction of sp³-hybridized carbons (Fsp3) is 0.0625. The lowest BCUT2D eigenvalue weighted by atomic mass is 10.0. The molecule has 0 saturated carbocycles. The van der Waals surface area contributed by atoms with Gasteiger partial charge in [-0.2, -0.15) is 0 Å². The minimum absolute atomic E-state index is 0.114. The fourth-order valence-electron chi connectivity index (χ4n) is 2.29. The van der Waals surface area contributed by atoms with Crippen LogP contribution in [0.2, 0.25) is 0 Å². The van der Waals surface area contributed by atoms with E-state index in [0.717, 1.165) is 22.1 Å². The largest absolute Gasteiger partial charge is 0.445 e. The molecule has 3 rings (SSSR count). The molecule has 0 radical (unpaired) electrons. The number of H-pyrrole nitrogens is 1. The van der Waals surface area contributed by atoms with Crippen LogP contribution < -0.4 is 11.3 Å². The summed E-state index contributed by atoms with van der Waals surface area (Å²) in [7, 11) is 0. The Kier molecular flexibility index (Phi) is 3.57. The normalized spacial score (nSPS) is 10.5. The SMILES string of the molecule is NC(=O)OCc1cccc(-c2ccnc3[nH]c(=O)ccc23)c1. The third-order valence-corrected chi connectivity index (χ3v) is 3.25. The number of carbonyl (C=O) groups excluding carboxylic acids is 1. The summed E-state index contributed by atoms with van der Waals surface area (Å²) in [4.78, 5) is 28.9. The van der Waals surface area contributed by atoms with E-state index in [1.54, 1.807) is 12.3 Å². The predicted molar refractivity (Wildman–Crippen MR) is 82.2 cm³/mol. The second-order valence-corrected chi connectivity index (χ2v) is 4.75. The maximum atomic E-state index is 11.4. The van der Waals surface area contributed by atoms with Gasteiger partial charge in [-0.1, -0.05) is 18.2 Å². The molecule has 6 nitrogen and oxygen atoms in total. The number of carbonyl (C=O) groups is 1. The summed E-state index contributed by atoms with van der Waals surface area (Å²) in [6, 6.07) is 12.6. The van der Waals surface area contributed by atoms with Crippen LogP contribution in [0.25, 0.3) is 22.2 Å². The van der Waals surface area contributed by atoms with Gasteiger partial charge in [0.25, 0.3) is 0 Å². The number of fused-ring (bicyclic) bond motifs is 1. The van der Waals surface area contributed by atoms with Gasteiger partial charge in [-0.15, -0.1) is 0 Å². The van der Waals surface area contributed by atoms with Crippen molar-refractivity contribution < 1.29 is 9.53 Å². The summed E-state index contributed by atoms with van der Waals surface area (Å²) in [6.45, 7) is 0.114. The molecule has 0 spiro atoms. The first kappa shape index (κ1) is 13.8. The standard InChI is InChI=1S/C16H13N3O3/c17-16(21)22-9-10-2-1-3-11(8-10)12-6-7-18-15-13(12)4-5-14(20)19-15/h1-8H,9H2,(H2,17,21)(H,18,19,20). The molecule has 1 amide bonds. The lowest BCUT2D eigenvalue weighted by Crippen LogP contribution is -2.12. The molecule has 0 aliphatic rings. The first-order valence-corrected chi connectivity index (χ1v) is 6.63. The number of aromatic nitrogens is 2. The van der Waals surface area contributed by atoms with E-state index in [2.05, 4.69) is 9.97 Å². The smallest absolute Gasteiger partial charge is 0.404 e. The van der Waals surface area contributed by atoms with Crippen LogP contribution in [0.4, 0.5) is 4.79 Å². The first-order valence-electron chi connectivity index (χ1n) is 6.63. The van der Waals surface area contributed by atoms with Gasteiger partial charge in [0.1, 0.15) is 12.3 Å². The highest BCUT2D eigenvalue weighted by molar-refractivity contribution is 5.92. The lowest BCUT2D eigenvalue weighted by molar-refractivity contribution is 0.150. The quantitative estimate of drug-likeness (QED) is 0.773. The molecule has 0 atom stereocenters. The molecule has 0 aliphatic carbocycles. The van der Waals surface area contributed by atoms with Crippen molar-refractivity contribution in [2.45, 2.75) is 6.61 Å². The third kappa shape index (κ3) is 2.80. The van der Waals surface area contributed by atoms with Gasteiger partial charge in [0.15, 0.2) is 0 Å². The number of aromatic amines is 1. The first-order chi connectivity index (χ1) is 10.6. The van der Waals surface area contributed by atoms with Crippen LogP contribution in [0.1, 0.15) is 5.56 Å². The summed E-state index contributed by atoms with van der Waals surface area (Å²) < 4.78 is 4.80. The Morgan fingerprint density at radius 3 is 2.91 bits per heavy atom. The molecule has 0 unspecified atom stereocenters. The third-order valence-electron chi connectivity index (χ3n) is 3.25. The molecule has 0 fully saturated rings. The van der Waals surface area contributed by atoms with Crippen molar-refractivity contribution in [1.29, 1.82) is 0 Å². The molecule has 0 aliphatic heterocycles. The van der Waals surface area contributed by atoms with Crippen molar-refractivity contribution in [2.24, 2.45) is 5.73 Å². The average Bonchev–Trinajstić information content (AvgIpc) is 2.52. The van der Waals surface area contributed by atoms with Crippen LogP contribution in [0.5, 0.6) is 0 Å². The molecule has 3 aromatic rings. The lowest BCUT2D eigenvalue weighted by Gasteiger charge is -2.08. The minimum atomic E-state index is -0.808. The van der Waals surface area contributed by atoms with E-state index in [0.29, 0.717) is 5.65 Å². The van der Waals surface area contributed by atoms with Gasteiger partial charge in [-0.25, -0.2) is 9.78 Å². The number of ether oxygens (including phenoxy) is 1. The highest BCUT2D eigenvalue weighted by Crippen LogP contribution is 2.26. The maximum Gasteiger partial charge on any atom is 0.404 e. The van der Waals surface area contributed by atoms with Gasteiger partial charge >= 0.3 is 6.09 Å². The summed E-state index contributed by atoms with van der Waals surface area (Å²) in [5, 5.41) is 0.843. The maximum absolute atomic E-state index is 11.4. The summed E-state index contributed by atoms with van der Waals surface area (Å²) in [6.07, 6.45) is 0.831. The number of amides is 1. The second kappa shape index (κ2) is 5.69. The van der Waals surface area contributed by atoms with Crippen molar-refractivity contribution in [3.63, 3.8) is 0 Å². The van der Waals surface area contributed by atoms with Gasteiger partial charge in [0.2, 0.25) is 5.56 Å². The van der Waals surface area contributed by atoms with Crippen LogP contribution >= 0.6 is 0 Å². The summed E-state index contributed by atoms with van der Waals surface area (Å²) in [5.74, 6) is 0. The number of benzene rings is 1. The number of pyridine rings is 2. The van der Waals surface area contributed by atoms with E-state index in [4.69, 9.17) is 10.5 Å². The zero-order valence-corrected chi connectivity index (χ0v) is 11.6. The molecule has 6 heteroatoms. The zero-order valence-electron chi connectivity index (χ0n) is 11.6. The number of nitrogens with one attached hydrogen (secondary N) is 1. The van der Waals surface area contributed by atoms with Crippen LogP contribution in [0.15, 0.2) is 53.5 Å². The molecule has 22 heavy (non-hydrogen) atoms. The molecule has 1 aromatic carbocycles. The van der Waals surface area contributed by atoms with Crippen molar-refractivity contribution in [1.82, 2.24) is 9.97 Å². The average molecular weight is 295 g/mol. The van der Waals surface area contributed by atoms with Gasteiger partial charge in [-0.3, -0.25) is 4.79 Å². The summed E-state index contributed by atoms with van der Waals surface area (Å²) in [5.41, 5.74) is 8.00. The molecule has 0 saturated heterocycles. The Hall–Kier alpha value is -3.15. The van der Waals surface area contributed by atoms with Crippen LogP contribution in [-0.4, -0.2) is 16.1 Å². The molecule has 2 heterocycles. The minimum Gasteiger partial charge on any atom is -0.445 e. The van der Waals surface area contributed by atoms with Crippen LogP contribution in [0.3, 0.4) is 0 Å². The van der Waals surface area contributed by atoms with Crippen molar-refractivity contribution >= 4 is 17.1 Å². The predicted octanol–water partition coefficient (Wildman–Crippen LogP) is 2.19. The molecule has 110 valence electrons. The molecule has 3 N–H and O–H groups in total. The second-order valence-electron chi connectivity index (χ2n) is 4.75. The number of primary amides is 1. The summed E-state index contributed by atoms with van der Waals surface area (Å²) >= 11 is 0. The van der Waals surface area contributed by atoms with E-state index in [1.807, 2.05) is 30.3 Å². The van der Waals surface area contributed by atoms with Crippen LogP contribution in [0, 0.1) is 0 Å². The van der Waals surface area contributed by atoms with Gasteiger partial charge in [0.05, 0.1) is 0 Å². The Morgan fingerprint density at radius 1 is 1.23 bits per heavy atom.